The van der Waals surface area contributed by atoms with Crippen LogP contribution in [0.2, 0.25) is 0 Å². The van der Waals surface area contributed by atoms with Crippen molar-refractivity contribution in [1.82, 2.24) is 4.31 Å². The molecule has 0 spiro atoms. The zero-order chi connectivity index (χ0) is 14.8. The van der Waals surface area contributed by atoms with Gasteiger partial charge >= 0.3 is 5.97 Å². The van der Waals surface area contributed by atoms with Gasteiger partial charge in [-0.1, -0.05) is 6.92 Å². The molecule has 6 nitrogen and oxygen atoms in total. The molecule has 0 radical (unpaired) electrons. The van der Waals surface area contributed by atoms with Crippen molar-refractivity contribution in [1.29, 1.82) is 0 Å². The van der Waals surface area contributed by atoms with Crippen LogP contribution in [0, 0.1) is 6.92 Å². The molecule has 106 valence electrons. The van der Waals surface area contributed by atoms with Crippen molar-refractivity contribution in [2.75, 3.05) is 13.6 Å². The summed E-state index contributed by atoms with van der Waals surface area (Å²) in [6.45, 7) is 3.70. The topological polar surface area (TPSA) is 94.9 Å². The van der Waals surface area contributed by atoms with Crippen LogP contribution in [-0.4, -0.2) is 42.5 Å². The van der Waals surface area contributed by atoms with E-state index < -0.39 is 27.3 Å². The molecule has 1 aromatic rings. The maximum atomic E-state index is 12.3. The molecule has 0 saturated carbocycles. The Bertz CT molecular complexity index is 594. The van der Waals surface area contributed by atoms with Gasteiger partial charge in [-0.2, -0.15) is 0 Å². The Morgan fingerprint density at radius 1 is 1.37 bits per heavy atom. The standard InChI is InChI=1S/C12H17NO5S/c1-4-5-13(3)19(17,18)11-7-9(12(15)16)10(14)6-8(11)2/h6-7,14H,4-5H2,1-3H3,(H,15,16). The molecule has 0 fully saturated rings. The van der Waals surface area contributed by atoms with Gasteiger partial charge in [0.05, 0.1) is 4.90 Å². The highest BCUT2D eigenvalue weighted by atomic mass is 32.2. The summed E-state index contributed by atoms with van der Waals surface area (Å²) >= 11 is 0. The molecule has 1 rings (SSSR count). The molecular weight excluding hydrogens is 270 g/mol. The second-order valence-electron chi connectivity index (χ2n) is 4.27. The maximum absolute atomic E-state index is 12.3. The van der Waals surface area contributed by atoms with Crippen LogP contribution in [0.1, 0.15) is 29.3 Å². The SMILES string of the molecule is CCCN(C)S(=O)(=O)c1cc(C(=O)O)c(O)cc1C. The van der Waals surface area contributed by atoms with Crippen LogP contribution in [0.5, 0.6) is 5.75 Å². The van der Waals surface area contributed by atoms with E-state index in [0.717, 1.165) is 16.4 Å². The van der Waals surface area contributed by atoms with Crippen molar-refractivity contribution in [2.45, 2.75) is 25.2 Å². The van der Waals surface area contributed by atoms with Gasteiger partial charge < -0.3 is 10.2 Å². The molecule has 0 aliphatic heterocycles. The maximum Gasteiger partial charge on any atom is 0.339 e. The monoisotopic (exact) mass is 287 g/mol. The Morgan fingerprint density at radius 3 is 2.42 bits per heavy atom. The second kappa shape index (κ2) is 5.58. The van der Waals surface area contributed by atoms with Crippen LogP contribution in [0.4, 0.5) is 0 Å². The molecule has 2 N–H and O–H groups in total. The minimum Gasteiger partial charge on any atom is -0.507 e. The summed E-state index contributed by atoms with van der Waals surface area (Å²) in [5.41, 5.74) is -0.112. The second-order valence-corrected chi connectivity index (χ2v) is 6.28. The molecule has 0 aliphatic rings. The number of sulfonamides is 1. The zero-order valence-corrected chi connectivity index (χ0v) is 11.9. The van der Waals surface area contributed by atoms with E-state index in [2.05, 4.69) is 0 Å². The third-order valence-corrected chi connectivity index (χ3v) is 4.75. The predicted octanol–water partition coefficient (Wildman–Crippen LogP) is 1.43. The van der Waals surface area contributed by atoms with Gasteiger partial charge in [0.15, 0.2) is 0 Å². The number of rotatable bonds is 5. The fourth-order valence-corrected chi connectivity index (χ4v) is 3.22. The van der Waals surface area contributed by atoms with Crippen LogP contribution in [0.15, 0.2) is 17.0 Å². The lowest BCUT2D eigenvalue weighted by atomic mass is 10.1. The van der Waals surface area contributed by atoms with E-state index in [0.29, 0.717) is 18.5 Å². The van der Waals surface area contributed by atoms with Gasteiger partial charge in [-0.05, 0) is 31.0 Å². The lowest BCUT2D eigenvalue weighted by molar-refractivity contribution is 0.0693. The molecule has 19 heavy (non-hydrogen) atoms. The number of phenols is 1. The van der Waals surface area contributed by atoms with Crippen LogP contribution < -0.4 is 0 Å². The number of aromatic hydroxyl groups is 1. The summed E-state index contributed by atoms with van der Waals surface area (Å²) < 4.78 is 25.7. The highest BCUT2D eigenvalue weighted by Gasteiger charge is 2.25. The largest absolute Gasteiger partial charge is 0.507 e. The quantitative estimate of drug-likeness (QED) is 0.854. The predicted molar refractivity (Wildman–Crippen MR) is 69.9 cm³/mol. The third kappa shape index (κ3) is 3.05. The number of aromatic carboxylic acids is 1. The summed E-state index contributed by atoms with van der Waals surface area (Å²) in [4.78, 5) is 10.8. The van der Waals surface area contributed by atoms with Crippen LogP contribution >= 0.6 is 0 Å². The third-order valence-electron chi connectivity index (χ3n) is 2.75. The highest BCUT2D eigenvalue weighted by Crippen LogP contribution is 2.27. The summed E-state index contributed by atoms with van der Waals surface area (Å²) in [7, 11) is -2.31. The minimum absolute atomic E-state index is 0.0985. The summed E-state index contributed by atoms with van der Waals surface area (Å²) in [5, 5.41) is 18.4. The van der Waals surface area contributed by atoms with E-state index in [-0.39, 0.29) is 4.90 Å². The lowest BCUT2D eigenvalue weighted by Crippen LogP contribution is -2.28. The number of carbonyl (C=O) groups is 1. The molecule has 0 aliphatic carbocycles. The first-order chi connectivity index (χ1) is 8.71. The molecule has 0 bridgehead atoms. The number of carboxylic acids is 1. The average molecular weight is 287 g/mol. The number of benzene rings is 1. The first kappa shape index (κ1) is 15.5. The first-order valence-electron chi connectivity index (χ1n) is 5.75. The van der Waals surface area contributed by atoms with Gasteiger partial charge in [0.1, 0.15) is 11.3 Å². The molecule has 0 heterocycles. The number of nitrogens with zero attached hydrogens (tertiary/aromatic N) is 1. The van der Waals surface area contributed by atoms with E-state index in [9.17, 15) is 18.3 Å². The van der Waals surface area contributed by atoms with Crippen molar-refractivity contribution in [3.63, 3.8) is 0 Å². The van der Waals surface area contributed by atoms with Gasteiger partial charge in [-0.3, -0.25) is 0 Å². The van der Waals surface area contributed by atoms with E-state index in [1.165, 1.54) is 14.0 Å². The molecule has 0 atom stereocenters. The molecule has 0 unspecified atom stereocenters. The van der Waals surface area contributed by atoms with Crippen molar-refractivity contribution in [2.24, 2.45) is 0 Å². The van der Waals surface area contributed by atoms with Crippen molar-refractivity contribution in [3.8, 4) is 5.75 Å². The zero-order valence-electron chi connectivity index (χ0n) is 11.0. The van der Waals surface area contributed by atoms with Crippen molar-refractivity contribution in [3.05, 3.63) is 23.3 Å². The Balaban J connectivity index is 3.43. The molecule has 0 amide bonds. The Kier molecular flexibility index (Phi) is 4.54. The number of aryl methyl sites for hydroxylation is 1. The summed E-state index contributed by atoms with van der Waals surface area (Å²) in [5.74, 6) is -1.81. The highest BCUT2D eigenvalue weighted by molar-refractivity contribution is 7.89. The van der Waals surface area contributed by atoms with Crippen LogP contribution in [-0.2, 0) is 10.0 Å². The molecule has 7 heteroatoms. The van der Waals surface area contributed by atoms with Crippen LogP contribution in [0.3, 0.4) is 0 Å². The molecular formula is C12H17NO5S. The average Bonchev–Trinajstić information content (AvgIpc) is 2.28. The van der Waals surface area contributed by atoms with E-state index >= 15 is 0 Å². The molecule has 1 aromatic carbocycles. The summed E-state index contributed by atoms with van der Waals surface area (Å²) in [6, 6.07) is 2.14. The fourth-order valence-electron chi connectivity index (χ4n) is 1.72. The van der Waals surface area contributed by atoms with Crippen molar-refractivity contribution < 1.29 is 23.4 Å². The van der Waals surface area contributed by atoms with E-state index in [1.807, 2.05) is 6.92 Å². The fraction of sp³-hybridized carbons (Fsp3) is 0.417. The van der Waals surface area contributed by atoms with Gasteiger partial charge in [-0.15, -0.1) is 0 Å². The smallest absolute Gasteiger partial charge is 0.339 e. The minimum atomic E-state index is -3.75. The van der Waals surface area contributed by atoms with Gasteiger partial charge in [0.2, 0.25) is 10.0 Å². The normalized spacial score (nSPS) is 11.8. The van der Waals surface area contributed by atoms with Crippen LogP contribution in [0.25, 0.3) is 0 Å². The lowest BCUT2D eigenvalue weighted by Gasteiger charge is -2.18. The molecule has 0 aromatic heterocycles. The Hall–Kier alpha value is -1.60. The number of hydrogen-bond donors (Lipinski definition) is 2. The van der Waals surface area contributed by atoms with Gasteiger partial charge in [-0.25, -0.2) is 17.5 Å². The van der Waals surface area contributed by atoms with Crippen molar-refractivity contribution >= 4 is 16.0 Å². The summed E-state index contributed by atoms with van der Waals surface area (Å²) in [6.07, 6.45) is 0.651. The van der Waals surface area contributed by atoms with E-state index in [1.54, 1.807) is 0 Å². The number of hydrogen-bond acceptors (Lipinski definition) is 4. The first-order valence-corrected chi connectivity index (χ1v) is 7.19. The Morgan fingerprint density at radius 2 is 1.95 bits per heavy atom. The molecule has 0 saturated heterocycles. The number of carboxylic acid groups (broad SMARTS) is 1. The van der Waals surface area contributed by atoms with Gasteiger partial charge in [0, 0.05) is 13.6 Å². The Labute approximate surface area is 112 Å². The van der Waals surface area contributed by atoms with E-state index in [4.69, 9.17) is 5.11 Å². The van der Waals surface area contributed by atoms with Gasteiger partial charge in [0.25, 0.3) is 0 Å².